The molecule has 20 N–H and O–H groups in total. The molecule has 47 heteroatoms. The Morgan fingerprint density at radius 1 is 0.512 bits per heavy atom. The van der Waals surface area contributed by atoms with Crippen molar-refractivity contribution in [3.05, 3.63) is 11.0 Å². The predicted octanol–water partition coefficient (Wildman–Crippen LogP) is -1.49. The molecule has 45 nitrogen and oxygen atoms in total. The third-order valence-corrected chi connectivity index (χ3v) is 22.1. The van der Waals surface area contributed by atoms with Gasteiger partial charge in [0.05, 0.1) is 67.5 Å². The summed E-state index contributed by atoms with van der Waals surface area (Å²) in [4.78, 5) is 300. The van der Waals surface area contributed by atoms with Gasteiger partial charge in [0.1, 0.15) is 12.6 Å². The van der Waals surface area contributed by atoms with Gasteiger partial charge in [-0.3, -0.25) is 120 Å². The summed E-state index contributed by atoms with van der Waals surface area (Å²) < 4.78 is 15.9. The number of carbonyl (C=O) groups excluding carboxylic acids is 17. The summed E-state index contributed by atoms with van der Waals surface area (Å²) in [5.41, 5.74) is 21.6. The number of carboxylic acids is 5. The van der Waals surface area contributed by atoms with E-state index in [9.17, 15) is 131 Å². The number of nitrogens with zero attached hydrogens (tertiary/aromatic N) is 4. The number of carboxylic acid groups (broad SMARTS) is 5. The van der Waals surface area contributed by atoms with Gasteiger partial charge in [0.25, 0.3) is 11.8 Å². The first-order valence-electron chi connectivity index (χ1n) is 42.4. The number of hydrogen-bond donors (Lipinski definition) is 16. The monoisotopic (exact) mass is 1870 g/mol. The number of thioether (sulfide) groups is 2. The fourth-order valence-corrected chi connectivity index (χ4v) is 15.0. The number of nitrogens with one attached hydrogen (secondary N) is 7. The first-order chi connectivity index (χ1) is 60.9. The molecular formula is C82H127N15O30S2. The minimum atomic E-state index is -1.85. The Kier molecular flexibility index (Phi) is 54.8. The van der Waals surface area contributed by atoms with Crippen LogP contribution in [0.15, 0.2) is 21.0 Å². The summed E-state index contributed by atoms with van der Waals surface area (Å²) in [6, 6.07) is -9.35. The largest absolute Gasteiger partial charge is 0.481 e. The van der Waals surface area contributed by atoms with Crippen LogP contribution < -0.4 is 60.2 Å². The number of carbonyl (C=O) groups is 22. The third-order valence-electron chi connectivity index (χ3n) is 20.5. The average Bonchev–Trinajstić information content (AvgIpc) is 1.81. The number of ketones is 7. The van der Waals surface area contributed by atoms with Gasteiger partial charge in [0, 0.05) is 165 Å². The highest BCUT2D eigenvalue weighted by molar-refractivity contribution is 8.04. The van der Waals surface area contributed by atoms with Crippen molar-refractivity contribution in [2.24, 2.45) is 62.5 Å². The fraction of sp³-hybridized carbons (Fsp3) is 0.683. The van der Waals surface area contributed by atoms with E-state index in [0.717, 1.165) is 22.7 Å². The van der Waals surface area contributed by atoms with Crippen molar-refractivity contribution in [3.63, 3.8) is 0 Å². The number of nitrogens with two attached hydrogens (primary N) is 4. The zero-order chi connectivity index (χ0) is 97.0. The second kappa shape index (κ2) is 62.1. The Balaban J connectivity index is 2.15. The van der Waals surface area contributed by atoms with Crippen molar-refractivity contribution in [2.45, 2.75) is 237 Å². The number of methoxy groups -OCH3 is 1. The third kappa shape index (κ3) is 47.6. The molecule has 0 bridgehead atoms. The molecule has 2 aliphatic heterocycles. The van der Waals surface area contributed by atoms with E-state index < -0.39 is 306 Å². The van der Waals surface area contributed by atoms with Crippen LogP contribution in [0.4, 0.5) is 0 Å². The molecular weight excluding hydrogens is 1740 g/mol. The van der Waals surface area contributed by atoms with Crippen LogP contribution in [0, 0.1) is 29.6 Å². The number of guanidine groups is 2. The summed E-state index contributed by atoms with van der Waals surface area (Å²) in [5, 5.41) is 65.7. The van der Waals surface area contributed by atoms with E-state index in [2.05, 4.69) is 47.2 Å². The van der Waals surface area contributed by atoms with E-state index in [-0.39, 0.29) is 137 Å². The molecule has 2 heterocycles. The molecule has 10 amide bonds. The number of rotatable bonds is 73. The minimum absolute atomic E-state index is 0.0663. The lowest BCUT2D eigenvalue weighted by atomic mass is 9.89. The topological polar surface area (TPSA) is 724 Å². The van der Waals surface area contributed by atoms with Crippen molar-refractivity contribution in [1.29, 1.82) is 0 Å². The summed E-state index contributed by atoms with van der Waals surface area (Å²) in [7, 11) is 1.48. The average molecular weight is 1870 g/mol. The van der Waals surface area contributed by atoms with Gasteiger partial charge < -0.3 is 105 Å². The molecule has 0 unspecified atom stereocenters. The van der Waals surface area contributed by atoms with Crippen LogP contribution in [0.5, 0.6) is 0 Å². The molecule has 129 heavy (non-hydrogen) atoms. The van der Waals surface area contributed by atoms with Gasteiger partial charge in [-0.05, 0) is 103 Å². The van der Waals surface area contributed by atoms with Crippen LogP contribution in [0.25, 0.3) is 0 Å². The number of aliphatic carboxylic acids is 5. The quantitative estimate of drug-likeness (QED) is 0.0143. The molecule has 2 rings (SSSR count). The zero-order valence-corrected chi connectivity index (χ0v) is 75.4. The van der Waals surface area contributed by atoms with Gasteiger partial charge in [0.15, 0.2) is 52.4 Å². The smallest absolute Gasteiger partial charge is 0.303 e. The van der Waals surface area contributed by atoms with Crippen molar-refractivity contribution in [1.82, 2.24) is 47.0 Å². The molecule has 1 fully saturated rings. The fourth-order valence-electron chi connectivity index (χ4n) is 13.5. The Morgan fingerprint density at radius 2 is 1.00 bits per heavy atom. The van der Waals surface area contributed by atoms with Gasteiger partial charge in [-0.2, -0.15) is 11.8 Å². The molecule has 0 aliphatic carbocycles. The first kappa shape index (κ1) is 114. The maximum absolute atomic E-state index is 14.3. The summed E-state index contributed by atoms with van der Waals surface area (Å²) >= 11 is 2.24. The van der Waals surface area contributed by atoms with Crippen LogP contribution in [0.2, 0.25) is 0 Å². The Labute approximate surface area is 754 Å². The molecule has 0 spiro atoms. The first-order valence-corrected chi connectivity index (χ1v) is 44.8. The van der Waals surface area contributed by atoms with Crippen LogP contribution in [0.1, 0.15) is 195 Å². The van der Waals surface area contributed by atoms with E-state index >= 15 is 0 Å². The molecule has 11 atom stereocenters. The minimum Gasteiger partial charge on any atom is -0.481 e. The highest BCUT2D eigenvalue weighted by Gasteiger charge is 2.40. The van der Waals surface area contributed by atoms with E-state index in [1.165, 1.54) is 37.6 Å². The molecule has 722 valence electrons. The van der Waals surface area contributed by atoms with Crippen LogP contribution in [-0.4, -0.2) is 310 Å². The van der Waals surface area contributed by atoms with Crippen molar-refractivity contribution in [2.75, 3.05) is 90.6 Å². The number of likely N-dealkylation sites (tertiary alicyclic amines) is 1. The summed E-state index contributed by atoms with van der Waals surface area (Å²) in [5.74, 6) is -25.7. The standard InChI is InChI=1S/C82H127N15O30S2/c1-46(2)37-57(61(101)20-21-66(105)91-58(45-128-6)62(102)38-47(3)75(119)89-43-52(99)39-49(11-7-28-87-81(83)84)76(120)92-53(48(4)98)12-8-29-88-82(85)86)95-79(123)59-13-9-30-96(59)69(108)44-127-32-10-14-60(100)54(17-24-72(113)114)93-77(121)51(16-23-71(111)112)41-64(104)56(19-26-74(117)118)94-78(122)50(15-22-70(109)110)40-63(103)55(18-25-73(115)116)90-67(106)27-31-97-68(107)42-65(80(97)124)129-36-35-126-34-33-125-5/h42,46-47,49-51,53-59H,7-41,43-45H2,1-6H3,(H,89,119)(H,90,106)(H,91,105)(H,92,120)(H,93,121)(H,94,122)(H,95,123)(H,109,110)(H,111,112)(H,113,114)(H,115,116)(H,117,118)(H4,83,84,87)(H4,85,86,88)/t47-,49+,50+,51+,53-,54-,55-,56-,57+,58+,59+/m1/s1. The Morgan fingerprint density at radius 3 is 1.52 bits per heavy atom. The predicted molar refractivity (Wildman–Crippen MR) is 464 cm³/mol. The van der Waals surface area contributed by atoms with E-state index in [1.807, 2.05) is 0 Å². The maximum Gasteiger partial charge on any atom is 0.303 e. The highest BCUT2D eigenvalue weighted by atomic mass is 32.2. The number of imide groups is 1. The molecule has 0 radical (unpaired) electrons. The highest BCUT2D eigenvalue weighted by Crippen LogP contribution is 2.27. The molecule has 0 aromatic carbocycles. The number of ether oxygens (including phenoxy) is 3. The lowest BCUT2D eigenvalue weighted by Crippen LogP contribution is -2.52. The maximum atomic E-state index is 14.3. The lowest BCUT2D eigenvalue weighted by Gasteiger charge is -2.27. The van der Waals surface area contributed by atoms with Crippen LogP contribution in [0.3, 0.4) is 0 Å². The molecule has 2 aliphatic rings. The second-order valence-corrected chi connectivity index (χ2v) is 33.6. The van der Waals surface area contributed by atoms with Gasteiger partial charge in [0.2, 0.25) is 47.3 Å². The van der Waals surface area contributed by atoms with Crippen LogP contribution in [-0.2, 0) is 120 Å². The van der Waals surface area contributed by atoms with E-state index in [4.69, 9.17) is 37.1 Å². The number of Topliss-reactive ketones (excluding diaryl/α,β-unsaturated/α-hetero) is 7. The van der Waals surface area contributed by atoms with Gasteiger partial charge >= 0.3 is 29.8 Å². The van der Waals surface area contributed by atoms with Gasteiger partial charge in [-0.25, -0.2) is 0 Å². The molecule has 1 saturated heterocycles. The normalized spacial score (nSPS) is 15.3. The number of amides is 10. The number of aliphatic imine (C=N–C) groups is 2. The van der Waals surface area contributed by atoms with Gasteiger partial charge in [-0.15, -0.1) is 11.8 Å². The van der Waals surface area contributed by atoms with Crippen molar-refractivity contribution < 1.29 is 145 Å². The Hall–Kier alpha value is -11.2. The molecule has 0 saturated carbocycles. The summed E-state index contributed by atoms with van der Waals surface area (Å²) in [6.07, 6.45) is -7.13. The number of hydrogen-bond acceptors (Lipinski definition) is 29. The molecule has 0 aromatic rings. The Bertz CT molecular complexity index is 4000. The van der Waals surface area contributed by atoms with Crippen molar-refractivity contribution >= 4 is 165 Å². The molecule has 0 aromatic heterocycles. The van der Waals surface area contributed by atoms with Crippen LogP contribution >= 0.6 is 23.5 Å². The van der Waals surface area contributed by atoms with Gasteiger partial charge in [-0.1, -0.05) is 20.8 Å². The zero-order valence-electron chi connectivity index (χ0n) is 73.7. The lowest BCUT2D eigenvalue weighted by molar-refractivity contribution is -0.142. The SMILES string of the molecule is COCCOCCSC1=CC(=O)N(CCC(=O)N[C@H](CCC(=O)O)C(=O)C[C@H](CCC(=O)O)C(=O)N[C@H](CCC(=O)O)C(=O)C[C@H](CCC(=O)O)C(=O)N[C@H](CCC(=O)O)C(=O)CCCOCC(=O)N2CCC[C@H]2C(=O)N[C@@H](CC(C)C)C(=O)CCC(=O)N[C@@H](CSC)C(=O)C[C@@H](C)C(=O)NCC(=O)C[C@H](CCCN=C(N)N)C(=O)N[C@H](CCCN=C(N)N)C(C)=O)C1=O. The van der Waals surface area contributed by atoms with E-state index in [1.54, 1.807) is 20.1 Å². The summed E-state index contributed by atoms with van der Waals surface area (Å²) in [6.45, 7) is 5.67. The van der Waals surface area contributed by atoms with Crippen molar-refractivity contribution in [3.8, 4) is 0 Å². The second-order valence-electron chi connectivity index (χ2n) is 31.5. The van der Waals surface area contributed by atoms with E-state index in [0.29, 0.717) is 19.4 Å².